The van der Waals surface area contributed by atoms with E-state index in [2.05, 4.69) is 0 Å². The standard InChI is InChI=1S/C14H17F3N2/c1-4-19-11-6-5-10(14(15,16)17)7-9(11)8-12(19)13(2,3)18/h5-8H,4,18H2,1-3H3. The van der Waals surface area contributed by atoms with E-state index in [-0.39, 0.29) is 0 Å². The van der Waals surface area contributed by atoms with E-state index >= 15 is 0 Å². The Balaban J connectivity index is 2.70. The Morgan fingerprint density at radius 1 is 1.16 bits per heavy atom. The number of rotatable bonds is 2. The van der Waals surface area contributed by atoms with Gasteiger partial charge in [0.05, 0.1) is 11.1 Å². The molecule has 0 radical (unpaired) electrons. The fourth-order valence-corrected chi connectivity index (χ4v) is 2.32. The van der Waals surface area contributed by atoms with Crippen molar-refractivity contribution in [2.75, 3.05) is 0 Å². The van der Waals surface area contributed by atoms with Gasteiger partial charge in [-0.15, -0.1) is 0 Å². The maximum atomic E-state index is 12.7. The summed E-state index contributed by atoms with van der Waals surface area (Å²) in [6.45, 7) is 6.31. The molecule has 1 heterocycles. The van der Waals surface area contributed by atoms with E-state index in [9.17, 15) is 13.2 Å². The average Bonchev–Trinajstić information content (AvgIpc) is 2.64. The van der Waals surface area contributed by atoms with E-state index in [1.165, 1.54) is 12.1 Å². The molecule has 0 unspecified atom stereocenters. The summed E-state index contributed by atoms with van der Waals surface area (Å²) >= 11 is 0. The molecule has 0 aliphatic rings. The quantitative estimate of drug-likeness (QED) is 0.882. The van der Waals surface area contributed by atoms with Gasteiger partial charge < -0.3 is 10.3 Å². The van der Waals surface area contributed by atoms with E-state index in [1.54, 1.807) is 6.07 Å². The number of halogens is 3. The molecule has 0 atom stereocenters. The first-order valence-electron chi connectivity index (χ1n) is 6.14. The van der Waals surface area contributed by atoms with Crippen LogP contribution in [-0.4, -0.2) is 4.57 Å². The van der Waals surface area contributed by atoms with Crippen LogP contribution in [0.15, 0.2) is 24.3 Å². The van der Waals surface area contributed by atoms with Gasteiger partial charge in [-0.25, -0.2) is 0 Å². The van der Waals surface area contributed by atoms with Crippen molar-refractivity contribution in [3.05, 3.63) is 35.5 Å². The highest BCUT2D eigenvalue weighted by Crippen LogP contribution is 2.33. The lowest BCUT2D eigenvalue weighted by molar-refractivity contribution is -0.137. The Morgan fingerprint density at radius 3 is 2.26 bits per heavy atom. The zero-order valence-corrected chi connectivity index (χ0v) is 11.2. The van der Waals surface area contributed by atoms with Gasteiger partial charge in [0.25, 0.3) is 0 Å². The summed E-state index contributed by atoms with van der Waals surface area (Å²) in [5, 5.41) is 0.574. The molecule has 1 aromatic heterocycles. The van der Waals surface area contributed by atoms with Crippen LogP contribution in [0.25, 0.3) is 10.9 Å². The number of nitrogens with two attached hydrogens (primary N) is 1. The van der Waals surface area contributed by atoms with Crippen LogP contribution in [-0.2, 0) is 18.3 Å². The molecule has 0 bridgehead atoms. The van der Waals surface area contributed by atoms with Gasteiger partial charge in [-0.1, -0.05) is 0 Å². The lowest BCUT2D eigenvalue weighted by atomic mass is 10.0. The highest BCUT2D eigenvalue weighted by atomic mass is 19.4. The molecular formula is C14H17F3N2. The summed E-state index contributed by atoms with van der Waals surface area (Å²) < 4.78 is 40.1. The molecule has 2 N–H and O–H groups in total. The van der Waals surface area contributed by atoms with Crippen LogP contribution in [0, 0.1) is 0 Å². The van der Waals surface area contributed by atoms with E-state index < -0.39 is 17.3 Å². The van der Waals surface area contributed by atoms with Gasteiger partial charge in [-0.2, -0.15) is 13.2 Å². The minimum atomic E-state index is -4.32. The van der Waals surface area contributed by atoms with Crippen LogP contribution in [0.5, 0.6) is 0 Å². The second-order valence-electron chi connectivity index (χ2n) is 5.27. The number of aryl methyl sites for hydroxylation is 1. The molecule has 2 aromatic rings. The molecule has 0 fully saturated rings. The third kappa shape index (κ3) is 2.47. The van der Waals surface area contributed by atoms with Crippen LogP contribution in [0.4, 0.5) is 13.2 Å². The Bertz CT molecular complexity index is 603. The number of fused-ring (bicyclic) bond motifs is 1. The van der Waals surface area contributed by atoms with Crippen LogP contribution in [0.1, 0.15) is 32.0 Å². The normalized spacial score (nSPS) is 13.2. The summed E-state index contributed by atoms with van der Waals surface area (Å²) in [4.78, 5) is 0. The molecule has 0 saturated heterocycles. The first-order chi connectivity index (χ1) is 8.64. The van der Waals surface area contributed by atoms with E-state index in [4.69, 9.17) is 5.73 Å². The van der Waals surface area contributed by atoms with Crippen LogP contribution in [0.3, 0.4) is 0 Å². The van der Waals surface area contributed by atoms with Crippen molar-refractivity contribution >= 4 is 10.9 Å². The Morgan fingerprint density at radius 2 is 1.79 bits per heavy atom. The number of aromatic nitrogens is 1. The fraction of sp³-hybridized carbons (Fsp3) is 0.429. The predicted octanol–water partition coefficient (Wildman–Crippen LogP) is 3.87. The van der Waals surface area contributed by atoms with E-state index in [1.807, 2.05) is 25.3 Å². The van der Waals surface area contributed by atoms with Gasteiger partial charge in [-0.3, -0.25) is 0 Å². The number of hydrogen-bond acceptors (Lipinski definition) is 1. The van der Waals surface area contributed by atoms with Crippen molar-refractivity contribution in [1.82, 2.24) is 4.57 Å². The van der Waals surface area contributed by atoms with Gasteiger partial charge in [0.2, 0.25) is 0 Å². The molecule has 19 heavy (non-hydrogen) atoms. The molecule has 2 rings (SSSR count). The lowest BCUT2D eigenvalue weighted by Gasteiger charge is -2.21. The Kier molecular flexibility index (Phi) is 3.13. The summed E-state index contributed by atoms with van der Waals surface area (Å²) in [5.74, 6) is 0. The minimum Gasteiger partial charge on any atom is -0.343 e. The molecule has 0 amide bonds. The zero-order valence-electron chi connectivity index (χ0n) is 11.2. The number of alkyl halides is 3. The van der Waals surface area contributed by atoms with Gasteiger partial charge >= 0.3 is 6.18 Å². The van der Waals surface area contributed by atoms with Gasteiger partial charge in [0, 0.05) is 23.1 Å². The van der Waals surface area contributed by atoms with Gasteiger partial charge in [0.1, 0.15) is 0 Å². The van der Waals surface area contributed by atoms with Crippen molar-refractivity contribution in [3.63, 3.8) is 0 Å². The third-order valence-electron chi connectivity index (χ3n) is 3.21. The van der Waals surface area contributed by atoms with Gasteiger partial charge in [0.15, 0.2) is 0 Å². The van der Waals surface area contributed by atoms with Crippen molar-refractivity contribution in [3.8, 4) is 0 Å². The summed E-state index contributed by atoms with van der Waals surface area (Å²) in [7, 11) is 0. The molecule has 0 aliphatic carbocycles. The summed E-state index contributed by atoms with van der Waals surface area (Å²) in [6.07, 6.45) is -4.32. The zero-order chi connectivity index (χ0) is 14.4. The van der Waals surface area contributed by atoms with Crippen molar-refractivity contribution < 1.29 is 13.2 Å². The minimum absolute atomic E-state index is 0.574. The van der Waals surface area contributed by atoms with E-state index in [0.717, 1.165) is 17.3 Å². The number of hydrogen-bond donors (Lipinski definition) is 1. The molecule has 0 saturated carbocycles. The molecule has 1 aromatic carbocycles. The van der Waals surface area contributed by atoms with Crippen molar-refractivity contribution in [2.24, 2.45) is 5.73 Å². The second-order valence-corrected chi connectivity index (χ2v) is 5.27. The maximum Gasteiger partial charge on any atom is 0.416 e. The number of nitrogens with zero attached hydrogens (tertiary/aromatic N) is 1. The summed E-state index contributed by atoms with van der Waals surface area (Å²) in [5.41, 5.74) is 6.48. The smallest absolute Gasteiger partial charge is 0.343 e. The lowest BCUT2D eigenvalue weighted by Crippen LogP contribution is -2.31. The Labute approximate surface area is 110 Å². The van der Waals surface area contributed by atoms with Crippen molar-refractivity contribution in [1.29, 1.82) is 0 Å². The summed E-state index contributed by atoms with van der Waals surface area (Å²) in [6, 6.07) is 5.55. The van der Waals surface area contributed by atoms with Crippen molar-refractivity contribution in [2.45, 2.75) is 39.0 Å². The first-order valence-corrected chi connectivity index (χ1v) is 6.14. The number of benzene rings is 1. The molecule has 2 nitrogen and oxygen atoms in total. The fourth-order valence-electron chi connectivity index (χ4n) is 2.32. The van der Waals surface area contributed by atoms with Crippen LogP contribution < -0.4 is 5.73 Å². The molecule has 5 heteroatoms. The highest BCUT2D eigenvalue weighted by Gasteiger charge is 2.31. The van der Waals surface area contributed by atoms with Gasteiger partial charge in [-0.05, 0) is 45.0 Å². The third-order valence-corrected chi connectivity index (χ3v) is 3.21. The van der Waals surface area contributed by atoms with E-state index in [0.29, 0.717) is 11.9 Å². The maximum absolute atomic E-state index is 12.7. The molecular weight excluding hydrogens is 253 g/mol. The topological polar surface area (TPSA) is 30.9 Å². The highest BCUT2D eigenvalue weighted by molar-refractivity contribution is 5.82. The average molecular weight is 270 g/mol. The predicted molar refractivity (Wildman–Crippen MR) is 69.8 cm³/mol. The van der Waals surface area contributed by atoms with Crippen LogP contribution in [0.2, 0.25) is 0 Å². The largest absolute Gasteiger partial charge is 0.416 e. The SMILES string of the molecule is CCn1c(C(C)(C)N)cc2cc(C(F)(F)F)ccc21. The first kappa shape index (κ1) is 13.9. The molecule has 104 valence electrons. The Hall–Kier alpha value is -1.49. The second kappa shape index (κ2) is 4.27. The monoisotopic (exact) mass is 270 g/mol. The molecule has 0 spiro atoms. The van der Waals surface area contributed by atoms with Crippen LogP contribution >= 0.6 is 0 Å². The molecule has 0 aliphatic heterocycles.